The molecule has 0 spiro atoms. The van der Waals surface area contributed by atoms with E-state index in [2.05, 4.69) is 20.4 Å². The van der Waals surface area contributed by atoms with Crippen LogP contribution < -0.4 is 0 Å². The zero-order valence-electron chi connectivity index (χ0n) is 24.8. The molecule has 0 atom stereocenters. The minimum Gasteiger partial charge on any atom is -0.505 e. The number of phenolic OH excluding ortho intramolecular Hbond substituents is 2. The third kappa shape index (κ3) is 6.91. The summed E-state index contributed by atoms with van der Waals surface area (Å²) < 4.78 is 0. The van der Waals surface area contributed by atoms with E-state index in [1.165, 1.54) is 9.59 Å². The first-order chi connectivity index (χ1) is 20.4. The Labute approximate surface area is 245 Å². The van der Waals surface area contributed by atoms with Crippen LogP contribution in [-0.4, -0.2) is 50.4 Å². The van der Waals surface area contributed by atoms with Gasteiger partial charge in [0.1, 0.15) is 44.9 Å². The van der Waals surface area contributed by atoms with Gasteiger partial charge in [0.2, 0.25) is 0 Å². The van der Waals surface area contributed by atoms with Gasteiger partial charge in [-0.15, -0.1) is 30.0 Å². The van der Waals surface area contributed by atoms with Crippen LogP contribution in [0.15, 0.2) is 72.8 Å². The van der Waals surface area contributed by atoms with Crippen LogP contribution in [0.5, 0.6) is 11.5 Å². The minimum atomic E-state index is -0.0884. The highest BCUT2D eigenvalue weighted by atomic mass is 16.3. The molecule has 10 nitrogen and oxygen atoms in total. The Morgan fingerprint density at radius 2 is 0.810 bits per heavy atom. The molecule has 4 N–H and O–H groups in total. The number of hydrogen-bond donors (Lipinski definition) is 4. The highest BCUT2D eigenvalue weighted by molar-refractivity contribution is 5.74. The predicted octanol–water partition coefficient (Wildman–Crippen LogP) is 5.91. The van der Waals surface area contributed by atoms with Gasteiger partial charge in [-0.25, -0.2) is 0 Å². The molecule has 0 aliphatic heterocycles. The Morgan fingerprint density at radius 3 is 1.07 bits per heavy atom. The number of aliphatic hydroxyl groups is 2. The molecular weight excluding hydrogens is 532 g/mol. The van der Waals surface area contributed by atoms with Crippen molar-refractivity contribution in [1.29, 1.82) is 0 Å². The number of benzene rings is 4. The van der Waals surface area contributed by atoms with E-state index in [1.807, 2.05) is 76.2 Å². The fraction of sp³-hybridized carbons (Fsp3) is 0.250. The van der Waals surface area contributed by atoms with Gasteiger partial charge in [-0.05, 0) is 84.6 Å². The van der Waals surface area contributed by atoms with E-state index in [0.29, 0.717) is 33.6 Å². The maximum absolute atomic E-state index is 10.1. The van der Waals surface area contributed by atoms with Gasteiger partial charge >= 0.3 is 0 Å². The Hall–Kier alpha value is -4.80. The van der Waals surface area contributed by atoms with E-state index < -0.39 is 0 Å². The van der Waals surface area contributed by atoms with E-state index in [4.69, 9.17) is 0 Å². The molecule has 0 aliphatic carbocycles. The summed E-state index contributed by atoms with van der Waals surface area (Å²) in [5.41, 5.74) is 6.77. The highest BCUT2D eigenvalue weighted by Gasteiger charge is 2.13. The van der Waals surface area contributed by atoms with E-state index in [9.17, 15) is 20.4 Å². The molecule has 0 radical (unpaired) electrons. The van der Waals surface area contributed by atoms with Crippen LogP contribution in [0.2, 0.25) is 0 Å². The first-order valence-corrected chi connectivity index (χ1v) is 13.9. The van der Waals surface area contributed by atoms with Crippen LogP contribution in [0, 0.1) is 13.8 Å². The lowest BCUT2D eigenvalue weighted by Crippen LogP contribution is -2.01. The number of phenols is 2. The fourth-order valence-electron chi connectivity index (χ4n) is 4.09. The van der Waals surface area contributed by atoms with Crippen molar-refractivity contribution in [3.8, 4) is 22.9 Å². The largest absolute Gasteiger partial charge is 0.505 e. The molecule has 6 aromatic rings. The summed E-state index contributed by atoms with van der Waals surface area (Å²) in [6, 6.07) is 21.8. The number of aliphatic hydroxyl groups excluding tert-OH is 2. The molecule has 0 saturated carbocycles. The van der Waals surface area contributed by atoms with E-state index in [1.54, 1.807) is 38.1 Å². The number of aryl methyl sites for hydroxylation is 2. The van der Waals surface area contributed by atoms with E-state index in [0.717, 1.165) is 22.1 Å². The van der Waals surface area contributed by atoms with E-state index in [-0.39, 0.29) is 24.7 Å². The summed E-state index contributed by atoms with van der Waals surface area (Å²) in [4.78, 5) is 2.79. The molecule has 0 saturated heterocycles. The maximum Gasteiger partial charge on any atom is 0.146 e. The number of aromatic hydroxyl groups is 2. The fourth-order valence-corrected chi connectivity index (χ4v) is 4.09. The molecule has 4 aromatic carbocycles. The molecule has 6 rings (SSSR count). The second-order valence-corrected chi connectivity index (χ2v) is 8.83. The van der Waals surface area contributed by atoms with Crippen molar-refractivity contribution in [3.05, 3.63) is 95.1 Å². The molecule has 2 aromatic heterocycles. The van der Waals surface area contributed by atoms with Crippen molar-refractivity contribution in [3.63, 3.8) is 0 Å². The Bertz CT molecular complexity index is 1560. The SMILES string of the molecule is CC.CC.Cc1cc(CO)cc(-n2nc3ccccc3n2)c1O.Cc1cc(CO)cc(-n2nc3ccccc3n2)c1O. The number of fused-ring (bicyclic) bond motifs is 2. The van der Waals surface area contributed by atoms with Crippen molar-refractivity contribution in [2.75, 3.05) is 0 Å². The zero-order valence-corrected chi connectivity index (χ0v) is 24.8. The third-order valence-corrected chi connectivity index (χ3v) is 6.05. The average Bonchev–Trinajstić information content (AvgIpc) is 3.66. The summed E-state index contributed by atoms with van der Waals surface area (Å²) in [6.45, 7) is 11.4. The van der Waals surface area contributed by atoms with Gasteiger partial charge in [-0.3, -0.25) is 0 Å². The zero-order chi connectivity index (χ0) is 30.8. The molecule has 0 bridgehead atoms. The topological polar surface area (TPSA) is 142 Å². The number of rotatable bonds is 4. The first-order valence-electron chi connectivity index (χ1n) is 13.9. The van der Waals surface area contributed by atoms with Gasteiger partial charge in [0.25, 0.3) is 0 Å². The van der Waals surface area contributed by atoms with E-state index >= 15 is 0 Å². The van der Waals surface area contributed by atoms with Crippen molar-refractivity contribution in [1.82, 2.24) is 30.0 Å². The Balaban J connectivity index is 0.000000206. The van der Waals surface area contributed by atoms with Crippen LogP contribution in [0.3, 0.4) is 0 Å². The Kier molecular flexibility index (Phi) is 11.1. The molecule has 10 heteroatoms. The molecule has 0 aliphatic rings. The molecule has 220 valence electrons. The second-order valence-electron chi connectivity index (χ2n) is 8.83. The number of aromatic nitrogens is 6. The lowest BCUT2D eigenvalue weighted by molar-refractivity contribution is 0.281. The molecule has 2 heterocycles. The molecule has 42 heavy (non-hydrogen) atoms. The third-order valence-electron chi connectivity index (χ3n) is 6.05. The van der Waals surface area contributed by atoms with Crippen molar-refractivity contribution in [2.45, 2.75) is 54.8 Å². The highest BCUT2D eigenvalue weighted by Crippen LogP contribution is 2.28. The maximum atomic E-state index is 10.1. The molecule has 0 fully saturated rings. The van der Waals surface area contributed by atoms with Crippen LogP contribution in [0.1, 0.15) is 49.9 Å². The van der Waals surface area contributed by atoms with Gasteiger partial charge < -0.3 is 20.4 Å². The first kappa shape index (κ1) is 31.7. The smallest absolute Gasteiger partial charge is 0.146 e. The molecular formula is C32H38N6O4. The van der Waals surface area contributed by atoms with Crippen LogP contribution >= 0.6 is 0 Å². The average molecular weight is 571 g/mol. The number of hydrogen-bond acceptors (Lipinski definition) is 8. The van der Waals surface area contributed by atoms with Gasteiger partial charge in [0.15, 0.2) is 0 Å². The Morgan fingerprint density at radius 1 is 0.524 bits per heavy atom. The second kappa shape index (κ2) is 14.7. The lowest BCUT2D eigenvalue weighted by Gasteiger charge is -2.08. The number of nitrogens with zero attached hydrogens (tertiary/aromatic N) is 6. The van der Waals surface area contributed by atoms with Crippen molar-refractivity contribution < 1.29 is 20.4 Å². The summed E-state index contributed by atoms with van der Waals surface area (Å²) in [6.07, 6.45) is 0. The normalized spacial score (nSPS) is 10.3. The van der Waals surface area contributed by atoms with Gasteiger partial charge in [-0.1, -0.05) is 52.0 Å². The summed E-state index contributed by atoms with van der Waals surface area (Å²) >= 11 is 0. The predicted molar refractivity (Wildman–Crippen MR) is 165 cm³/mol. The summed E-state index contributed by atoms with van der Waals surface area (Å²) in [5.74, 6) is 0.245. The molecule has 0 amide bonds. The summed E-state index contributed by atoms with van der Waals surface area (Å²) in [7, 11) is 0. The standard InChI is InChI=1S/2C14H13N3O2.2C2H6/c2*1-9-6-10(8-18)7-13(14(9)19)17-15-11-4-2-3-5-12(11)16-17;2*1-2/h2*2-7,18-19H,8H2,1H3;2*1-2H3. The van der Waals surface area contributed by atoms with Gasteiger partial charge in [0.05, 0.1) is 13.2 Å². The van der Waals surface area contributed by atoms with Gasteiger partial charge in [-0.2, -0.15) is 0 Å². The van der Waals surface area contributed by atoms with Gasteiger partial charge in [0, 0.05) is 0 Å². The lowest BCUT2D eigenvalue weighted by atomic mass is 10.1. The monoisotopic (exact) mass is 570 g/mol. The van der Waals surface area contributed by atoms with Crippen LogP contribution in [0.4, 0.5) is 0 Å². The van der Waals surface area contributed by atoms with Crippen molar-refractivity contribution in [2.24, 2.45) is 0 Å². The quantitative estimate of drug-likeness (QED) is 0.205. The summed E-state index contributed by atoms with van der Waals surface area (Å²) in [5, 5.41) is 56.0. The van der Waals surface area contributed by atoms with Crippen LogP contribution in [-0.2, 0) is 13.2 Å². The van der Waals surface area contributed by atoms with Crippen LogP contribution in [0.25, 0.3) is 33.4 Å². The minimum absolute atomic E-state index is 0.0884. The van der Waals surface area contributed by atoms with Crippen molar-refractivity contribution >= 4 is 22.1 Å². The molecule has 0 unspecified atom stereocenters.